The van der Waals surface area contributed by atoms with E-state index in [2.05, 4.69) is 10.2 Å². The molecule has 4 rings (SSSR count). The van der Waals surface area contributed by atoms with E-state index >= 15 is 0 Å². The third-order valence-electron chi connectivity index (χ3n) is 4.07. The van der Waals surface area contributed by atoms with E-state index in [0.717, 1.165) is 11.1 Å². The number of benzene rings is 2. The summed E-state index contributed by atoms with van der Waals surface area (Å²) < 4.78 is 12.7. The van der Waals surface area contributed by atoms with Gasteiger partial charge in [-0.15, -0.1) is 10.2 Å². The van der Waals surface area contributed by atoms with Crippen LogP contribution in [0.15, 0.2) is 47.3 Å². The SMILES string of the molecule is COc1ccc(OC)c(/C=c2/sc3nnc(-c4ccc(Cl)cc4)n3c2=O)c1. The first-order valence-electron chi connectivity index (χ1n) is 7.98. The molecule has 0 saturated heterocycles. The fourth-order valence-corrected chi connectivity index (χ4v) is 3.77. The summed E-state index contributed by atoms with van der Waals surface area (Å²) in [6, 6.07) is 12.5. The summed E-state index contributed by atoms with van der Waals surface area (Å²) in [6.07, 6.45) is 1.77. The van der Waals surface area contributed by atoms with E-state index in [4.69, 9.17) is 21.1 Å². The van der Waals surface area contributed by atoms with Gasteiger partial charge in [-0.2, -0.15) is 0 Å². The van der Waals surface area contributed by atoms with E-state index in [-0.39, 0.29) is 5.56 Å². The van der Waals surface area contributed by atoms with E-state index in [9.17, 15) is 4.79 Å². The average molecular weight is 400 g/mol. The molecular formula is C19H14ClN3O3S. The van der Waals surface area contributed by atoms with Crippen LogP contribution in [0.1, 0.15) is 5.56 Å². The molecule has 8 heteroatoms. The van der Waals surface area contributed by atoms with Crippen LogP contribution < -0.4 is 19.6 Å². The lowest BCUT2D eigenvalue weighted by atomic mass is 10.2. The highest BCUT2D eigenvalue weighted by atomic mass is 35.5. The number of fused-ring (bicyclic) bond motifs is 1. The lowest BCUT2D eigenvalue weighted by Gasteiger charge is -2.06. The monoisotopic (exact) mass is 399 g/mol. The van der Waals surface area contributed by atoms with Crippen LogP contribution in [0.4, 0.5) is 0 Å². The highest BCUT2D eigenvalue weighted by Gasteiger charge is 2.14. The van der Waals surface area contributed by atoms with Crippen molar-refractivity contribution in [3.63, 3.8) is 0 Å². The number of methoxy groups -OCH3 is 2. The third kappa shape index (κ3) is 3.15. The van der Waals surface area contributed by atoms with Gasteiger partial charge in [0.2, 0.25) is 4.96 Å². The Bertz CT molecular complexity index is 1230. The molecule has 0 spiro atoms. The van der Waals surface area contributed by atoms with Crippen LogP contribution in [0.2, 0.25) is 5.02 Å². The number of ether oxygens (including phenoxy) is 2. The number of thiazole rings is 1. The lowest BCUT2D eigenvalue weighted by Crippen LogP contribution is -2.23. The van der Waals surface area contributed by atoms with Crippen molar-refractivity contribution < 1.29 is 9.47 Å². The summed E-state index contributed by atoms with van der Waals surface area (Å²) in [5.74, 6) is 1.82. The molecular weight excluding hydrogens is 386 g/mol. The van der Waals surface area contributed by atoms with Crippen molar-refractivity contribution in [3.05, 3.63) is 67.9 Å². The minimum Gasteiger partial charge on any atom is -0.497 e. The average Bonchev–Trinajstić information content (AvgIpc) is 3.23. The molecule has 0 aliphatic carbocycles. The molecule has 27 heavy (non-hydrogen) atoms. The molecule has 4 aromatic rings. The third-order valence-corrected chi connectivity index (χ3v) is 5.29. The van der Waals surface area contributed by atoms with Crippen LogP contribution in [-0.4, -0.2) is 28.8 Å². The van der Waals surface area contributed by atoms with Gasteiger partial charge in [-0.05, 0) is 48.5 Å². The van der Waals surface area contributed by atoms with Crippen molar-refractivity contribution in [2.45, 2.75) is 0 Å². The van der Waals surface area contributed by atoms with Gasteiger partial charge in [0.1, 0.15) is 11.5 Å². The van der Waals surface area contributed by atoms with Crippen molar-refractivity contribution >= 4 is 34.0 Å². The molecule has 0 amide bonds. The molecule has 0 unspecified atom stereocenters. The molecule has 0 atom stereocenters. The minimum absolute atomic E-state index is 0.185. The normalized spacial score (nSPS) is 11.9. The smallest absolute Gasteiger partial charge is 0.276 e. The Morgan fingerprint density at radius 2 is 1.85 bits per heavy atom. The second-order valence-corrected chi connectivity index (χ2v) is 7.12. The number of aromatic nitrogens is 3. The summed E-state index contributed by atoms with van der Waals surface area (Å²) in [5.41, 5.74) is 1.33. The van der Waals surface area contributed by atoms with Gasteiger partial charge >= 0.3 is 0 Å². The lowest BCUT2D eigenvalue weighted by molar-refractivity contribution is 0.402. The van der Waals surface area contributed by atoms with Crippen LogP contribution in [0, 0.1) is 0 Å². The molecule has 136 valence electrons. The van der Waals surface area contributed by atoms with Gasteiger partial charge in [-0.3, -0.25) is 4.79 Å². The Hall–Kier alpha value is -2.90. The maximum Gasteiger partial charge on any atom is 0.276 e. The van der Waals surface area contributed by atoms with Gasteiger partial charge in [0, 0.05) is 16.1 Å². The first kappa shape index (κ1) is 17.5. The first-order chi connectivity index (χ1) is 13.1. The number of rotatable bonds is 4. The first-order valence-corrected chi connectivity index (χ1v) is 9.18. The minimum atomic E-state index is -0.185. The van der Waals surface area contributed by atoms with E-state index in [0.29, 0.717) is 31.8 Å². The molecule has 0 aliphatic heterocycles. The molecule has 6 nitrogen and oxygen atoms in total. The Labute approximate surface area is 163 Å². The number of halogens is 1. The standard InChI is InChI=1S/C19H14ClN3O3S/c1-25-14-7-8-15(26-2)12(9-14)10-16-18(24)23-17(21-22-19(23)27-16)11-3-5-13(20)6-4-11/h3-10H,1-2H3/b16-10+. The van der Waals surface area contributed by atoms with Crippen LogP contribution >= 0.6 is 22.9 Å². The van der Waals surface area contributed by atoms with E-state index in [1.807, 2.05) is 18.2 Å². The van der Waals surface area contributed by atoms with E-state index in [1.54, 1.807) is 44.6 Å². The van der Waals surface area contributed by atoms with Crippen molar-refractivity contribution in [2.24, 2.45) is 0 Å². The summed E-state index contributed by atoms with van der Waals surface area (Å²) in [6.45, 7) is 0. The summed E-state index contributed by atoms with van der Waals surface area (Å²) in [5, 5.41) is 8.90. The van der Waals surface area contributed by atoms with E-state index < -0.39 is 0 Å². The molecule has 0 aliphatic rings. The van der Waals surface area contributed by atoms with Crippen LogP contribution in [0.5, 0.6) is 11.5 Å². The maximum absolute atomic E-state index is 13.0. The molecule has 0 saturated carbocycles. The number of hydrogen-bond donors (Lipinski definition) is 0. The predicted molar refractivity (Wildman–Crippen MR) is 106 cm³/mol. The highest BCUT2D eigenvalue weighted by Crippen LogP contribution is 2.25. The van der Waals surface area contributed by atoms with Crippen molar-refractivity contribution in [3.8, 4) is 22.9 Å². The van der Waals surface area contributed by atoms with Crippen molar-refractivity contribution in [2.75, 3.05) is 14.2 Å². The zero-order chi connectivity index (χ0) is 19.0. The molecule has 2 aromatic heterocycles. The van der Waals surface area contributed by atoms with E-state index in [1.165, 1.54) is 15.7 Å². The molecule has 0 N–H and O–H groups in total. The Morgan fingerprint density at radius 3 is 2.56 bits per heavy atom. The molecule has 0 radical (unpaired) electrons. The fourth-order valence-electron chi connectivity index (χ4n) is 2.74. The van der Waals surface area contributed by atoms with Gasteiger partial charge in [-0.25, -0.2) is 4.40 Å². The zero-order valence-corrected chi connectivity index (χ0v) is 16.0. The largest absolute Gasteiger partial charge is 0.497 e. The maximum atomic E-state index is 13.0. The Morgan fingerprint density at radius 1 is 1.07 bits per heavy atom. The highest BCUT2D eigenvalue weighted by molar-refractivity contribution is 7.15. The quantitative estimate of drug-likeness (QED) is 0.527. The number of nitrogens with zero attached hydrogens (tertiary/aromatic N) is 3. The second kappa shape index (κ2) is 7.02. The summed E-state index contributed by atoms with van der Waals surface area (Å²) in [4.78, 5) is 13.5. The molecule has 2 heterocycles. The summed E-state index contributed by atoms with van der Waals surface area (Å²) in [7, 11) is 3.18. The van der Waals surface area contributed by atoms with Gasteiger partial charge in [0.05, 0.1) is 18.8 Å². The van der Waals surface area contributed by atoms with Crippen molar-refractivity contribution in [1.29, 1.82) is 0 Å². The van der Waals surface area contributed by atoms with Crippen LogP contribution in [0.3, 0.4) is 0 Å². The zero-order valence-electron chi connectivity index (χ0n) is 14.5. The van der Waals surface area contributed by atoms with Gasteiger partial charge in [0.25, 0.3) is 5.56 Å². The van der Waals surface area contributed by atoms with Gasteiger partial charge in [0.15, 0.2) is 5.82 Å². The van der Waals surface area contributed by atoms with Gasteiger partial charge in [-0.1, -0.05) is 22.9 Å². The summed E-state index contributed by atoms with van der Waals surface area (Å²) >= 11 is 7.21. The molecule has 0 bridgehead atoms. The van der Waals surface area contributed by atoms with Crippen LogP contribution in [-0.2, 0) is 0 Å². The fraction of sp³-hybridized carbons (Fsp3) is 0.105. The predicted octanol–water partition coefficient (Wildman–Crippen LogP) is 3.04. The Kier molecular flexibility index (Phi) is 4.55. The second-order valence-electron chi connectivity index (χ2n) is 5.67. The van der Waals surface area contributed by atoms with Gasteiger partial charge < -0.3 is 9.47 Å². The van der Waals surface area contributed by atoms with Crippen LogP contribution in [0.25, 0.3) is 22.4 Å². The Balaban J connectivity index is 1.90. The topological polar surface area (TPSA) is 65.7 Å². The molecule has 0 fully saturated rings. The number of hydrogen-bond acceptors (Lipinski definition) is 6. The molecule has 2 aromatic carbocycles. The van der Waals surface area contributed by atoms with Crippen molar-refractivity contribution in [1.82, 2.24) is 14.6 Å².